The van der Waals surface area contributed by atoms with E-state index in [0.717, 1.165) is 6.92 Å². The van der Waals surface area contributed by atoms with Crippen molar-refractivity contribution in [1.29, 1.82) is 0 Å². The number of carbonyl (C=O) groups is 2. The first-order valence-corrected chi connectivity index (χ1v) is 6.63. The van der Waals surface area contributed by atoms with E-state index in [1.165, 1.54) is 0 Å². The van der Waals surface area contributed by atoms with Crippen LogP contribution in [0.2, 0.25) is 0 Å². The lowest BCUT2D eigenvalue weighted by Crippen LogP contribution is -2.54. The lowest BCUT2D eigenvalue weighted by atomic mass is 9.97. The van der Waals surface area contributed by atoms with Crippen molar-refractivity contribution in [2.75, 3.05) is 6.61 Å². The van der Waals surface area contributed by atoms with Gasteiger partial charge < -0.3 is 40.8 Å². The van der Waals surface area contributed by atoms with Gasteiger partial charge in [-0.1, -0.05) is 0 Å². The van der Waals surface area contributed by atoms with Gasteiger partial charge in [-0.05, 0) is 0 Å². The predicted molar refractivity (Wildman–Crippen MR) is 63.0 cm³/mol. The Morgan fingerprint density at radius 3 is 1.70 bits per heavy atom. The van der Waals surface area contributed by atoms with Crippen LogP contribution in [-0.2, 0) is 14.2 Å². The van der Waals surface area contributed by atoms with Gasteiger partial charge in [-0.2, -0.15) is 0 Å². The summed E-state index contributed by atoms with van der Waals surface area (Å²) in [5.74, 6) is -1.90. The molecule has 0 aromatic heterocycles. The summed E-state index contributed by atoms with van der Waals surface area (Å²) in [6, 6.07) is -1.61. The first kappa shape index (κ1) is 21.5. The molecule has 0 amide bonds. The summed E-state index contributed by atoms with van der Waals surface area (Å²) in [6.45, 7) is 0.184. The molecule has 4 atom stereocenters. The average molecular weight is 319 g/mol. The van der Waals surface area contributed by atoms with Gasteiger partial charge in [0, 0.05) is 6.92 Å². The third-order valence-corrected chi connectivity index (χ3v) is 1.95. The van der Waals surface area contributed by atoms with E-state index in [2.05, 4.69) is 0 Å². The Balaban J connectivity index is 0. The number of phosphoric acid groups is 1. The van der Waals surface area contributed by atoms with Crippen LogP contribution in [-0.4, -0.2) is 77.6 Å². The molecule has 0 rings (SSSR count). The van der Waals surface area contributed by atoms with Crippen LogP contribution in [0.5, 0.6) is 0 Å². The van der Waals surface area contributed by atoms with Gasteiger partial charge in [-0.3, -0.25) is 9.59 Å². The summed E-state index contributed by atoms with van der Waals surface area (Å²) in [7, 11) is -4.64. The number of hydrogen-bond acceptors (Lipinski definition) is 8. The monoisotopic (exact) mass is 319 g/mol. The van der Waals surface area contributed by atoms with E-state index in [0.29, 0.717) is 0 Å². The normalized spacial score (nSPS) is 17.2. The maximum atomic E-state index is 11.0. The maximum Gasteiger partial charge on any atom is 0.466 e. The zero-order chi connectivity index (χ0) is 16.7. The molecule has 0 saturated carbocycles. The number of Topliss-reactive ketones (excluding diaryl/α,β-unsaturated/α-hetero) is 2. The van der Waals surface area contributed by atoms with Crippen molar-refractivity contribution in [1.82, 2.24) is 0 Å². The Kier molecular flexibility index (Phi) is 9.95. The minimum atomic E-state index is -4.64. The van der Waals surface area contributed by atoms with Gasteiger partial charge in [0.25, 0.3) is 0 Å². The summed E-state index contributed by atoms with van der Waals surface area (Å²) in [4.78, 5) is 43.2. The number of aliphatic hydroxyl groups is 4. The molecule has 20 heavy (non-hydrogen) atoms. The molecule has 0 aliphatic carbocycles. The van der Waals surface area contributed by atoms with Crippen LogP contribution in [0.4, 0.5) is 0 Å². The number of carbonyl (C=O) groups excluding carboxylic acids is 2. The summed E-state index contributed by atoms with van der Waals surface area (Å²) in [5, 5.41) is 35.9. The van der Waals surface area contributed by atoms with Crippen molar-refractivity contribution in [3.63, 3.8) is 0 Å². The van der Waals surface area contributed by atoms with Crippen molar-refractivity contribution < 1.29 is 49.3 Å². The number of nitrogens with two attached hydrogens (primary N) is 1. The van der Waals surface area contributed by atoms with Crippen molar-refractivity contribution in [3.05, 3.63) is 0 Å². The topological polar surface area (TPSA) is 219 Å². The zero-order valence-electron chi connectivity index (χ0n) is 10.4. The molecule has 0 aliphatic heterocycles. The number of aliphatic hydroxyl groups excluding tert-OH is 4. The second-order valence-corrected chi connectivity index (χ2v) is 4.72. The van der Waals surface area contributed by atoms with Gasteiger partial charge in [0.15, 0.2) is 5.78 Å². The first-order valence-electron chi connectivity index (χ1n) is 5.06. The van der Waals surface area contributed by atoms with Gasteiger partial charge in [-0.25, -0.2) is 4.57 Å². The van der Waals surface area contributed by atoms with Crippen LogP contribution in [0, 0.1) is 0 Å². The van der Waals surface area contributed by atoms with E-state index in [4.69, 9.17) is 35.2 Å². The highest BCUT2D eigenvalue weighted by molar-refractivity contribution is 7.45. The quantitative estimate of drug-likeness (QED) is 0.172. The minimum absolute atomic E-state index is 0.792. The molecule has 0 spiro atoms. The Bertz CT molecular complexity index is 360. The molecule has 0 aromatic carbocycles. The third-order valence-electron chi connectivity index (χ3n) is 1.95. The molecule has 0 aromatic rings. The van der Waals surface area contributed by atoms with Gasteiger partial charge in [-0.15, -0.1) is 0 Å². The van der Waals surface area contributed by atoms with Crippen molar-refractivity contribution in [3.8, 4) is 0 Å². The summed E-state index contributed by atoms with van der Waals surface area (Å²) < 4.78 is 8.88. The molecule has 0 radical (unpaired) electrons. The molecule has 0 fully saturated rings. The van der Waals surface area contributed by atoms with Crippen LogP contribution < -0.4 is 5.73 Å². The highest BCUT2D eigenvalue weighted by Gasteiger charge is 2.34. The summed E-state index contributed by atoms with van der Waals surface area (Å²) in [5.41, 5.74) is 5.18. The maximum absolute atomic E-state index is 11.0. The van der Waals surface area contributed by atoms with Crippen LogP contribution in [0.25, 0.3) is 0 Å². The van der Waals surface area contributed by atoms with Crippen molar-refractivity contribution >= 4 is 19.4 Å². The van der Waals surface area contributed by atoms with Crippen LogP contribution >= 0.6 is 7.82 Å². The zero-order valence-corrected chi connectivity index (χ0v) is 11.3. The lowest BCUT2D eigenvalue weighted by Gasteiger charge is -2.24. The van der Waals surface area contributed by atoms with E-state index in [9.17, 15) is 19.8 Å². The highest BCUT2D eigenvalue weighted by Crippen LogP contribution is 2.25. The SMILES string of the molecule is CC(=O)C(=O)[C@H](N)[C@@H](O)[C@H](O)[C@H](O)CO.O=P(O)(O)O. The van der Waals surface area contributed by atoms with E-state index < -0.39 is 50.3 Å². The highest BCUT2D eigenvalue weighted by atomic mass is 31.2. The smallest absolute Gasteiger partial charge is 0.394 e. The Morgan fingerprint density at radius 2 is 1.45 bits per heavy atom. The number of ketones is 2. The fraction of sp³-hybridized carbons (Fsp3) is 0.750. The second kappa shape index (κ2) is 9.23. The van der Waals surface area contributed by atoms with Crippen molar-refractivity contribution in [2.24, 2.45) is 5.73 Å². The predicted octanol–water partition coefficient (Wildman–Crippen LogP) is -4.38. The van der Waals surface area contributed by atoms with Crippen molar-refractivity contribution in [2.45, 2.75) is 31.3 Å². The summed E-state index contributed by atoms with van der Waals surface area (Å²) >= 11 is 0. The van der Waals surface area contributed by atoms with Gasteiger partial charge in [0.05, 0.1) is 6.61 Å². The van der Waals surface area contributed by atoms with E-state index in [1.807, 2.05) is 0 Å². The minimum Gasteiger partial charge on any atom is -0.394 e. The molecule has 0 aliphatic rings. The molecule has 0 heterocycles. The van der Waals surface area contributed by atoms with Gasteiger partial charge in [0.1, 0.15) is 24.4 Å². The Labute approximate surface area is 113 Å². The molecule has 120 valence electrons. The van der Waals surface area contributed by atoms with Gasteiger partial charge in [0.2, 0.25) is 5.78 Å². The third kappa shape index (κ3) is 10.1. The molecule has 0 bridgehead atoms. The molecular weight excluding hydrogens is 301 g/mol. The molecule has 12 heteroatoms. The molecular formula is C8H18NO10P. The Morgan fingerprint density at radius 1 is 1.10 bits per heavy atom. The van der Waals surface area contributed by atoms with E-state index in [-0.39, 0.29) is 0 Å². The van der Waals surface area contributed by atoms with Gasteiger partial charge >= 0.3 is 7.82 Å². The largest absolute Gasteiger partial charge is 0.466 e. The lowest BCUT2D eigenvalue weighted by molar-refractivity contribution is -0.141. The standard InChI is InChI=1S/C8H15NO6.H3O4P/c1-3(11)6(13)5(9)8(15)7(14)4(12)2-10;1-5(2,3)4/h4-5,7-8,10,12,14-15H,2,9H2,1H3;(H3,1,2,3,4)/t4-,5+,7-,8-;/m1./s1. The molecule has 11 nitrogen and oxygen atoms in total. The van der Waals surface area contributed by atoms with Crippen LogP contribution in [0.1, 0.15) is 6.92 Å². The fourth-order valence-electron chi connectivity index (χ4n) is 0.938. The Hall–Kier alpha value is -0.750. The second-order valence-electron chi connectivity index (χ2n) is 3.69. The van der Waals surface area contributed by atoms with E-state index in [1.54, 1.807) is 0 Å². The average Bonchev–Trinajstić information content (AvgIpc) is 2.31. The number of rotatable bonds is 6. The number of hydrogen-bond donors (Lipinski definition) is 8. The molecule has 0 unspecified atom stereocenters. The molecule has 9 N–H and O–H groups in total. The van der Waals surface area contributed by atoms with Crippen LogP contribution in [0.15, 0.2) is 0 Å². The van der Waals surface area contributed by atoms with Crippen LogP contribution in [0.3, 0.4) is 0 Å². The van der Waals surface area contributed by atoms with E-state index >= 15 is 0 Å². The fourth-order valence-corrected chi connectivity index (χ4v) is 0.938. The molecule has 0 saturated heterocycles. The first-order chi connectivity index (χ1) is 8.82. The summed E-state index contributed by atoms with van der Waals surface area (Å²) in [6.07, 6.45) is -5.21.